The zero-order valence-corrected chi connectivity index (χ0v) is 35.0. The zero-order valence-electron chi connectivity index (χ0n) is 30.5. The summed E-state index contributed by atoms with van der Waals surface area (Å²) in [4.78, 5) is 54.4. The molecule has 0 amide bonds. The van der Waals surface area contributed by atoms with Crippen molar-refractivity contribution in [2.24, 2.45) is 0 Å². The van der Waals surface area contributed by atoms with E-state index in [-0.39, 0.29) is 43.3 Å². The predicted molar refractivity (Wildman–Crippen MR) is 235 cm³/mol. The minimum absolute atomic E-state index is 0.172. The quantitative estimate of drug-likeness (QED) is 0.0488. The van der Waals surface area contributed by atoms with Crippen LogP contribution in [0.3, 0.4) is 0 Å². The van der Waals surface area contributed by atoms with Crippen LogP contribution in [0, 0.1) is 0 Å². The van der Waals surface area contributed by atoms with Gasteiger partial charge < -0.3 is 18.9 Å². The first-order valence-corrected chi connectivity index (χ1v) is 20.1. The van der Waals surface area contributed by atoms with Crippen molar-refractivity contribution in [3.63, 3.8) is 0 Å². The second kappa shape index (κ2) is 17.2. The van der Waals surface area contributed by atoms with Crippen LogP contribution in [0.4, 0.5) is 0 Å². The Labute approximate surface area is 370 Å². The van der Waals surface area contributed by atoms with E-state index in [1.165, 1.54) is 0 Å². The van der Waals surface area contributed by atoms with Crippen molar-refractivity contribution in [3.8, 4) is 11.5 Å². The van der Waals surface area contributed by atoms with Crippen molar-refractivity contribution < 1.29 is 38.1 Å². The van der Waals surface area contributed by atoms with Crippen LogP contribution in [0.5, 0.6) is 11.5 Å². The number of carbonyl (C=O) groups excluding carboxylic acids is 4. The highest BCUT2D eigenvalue weighted by molar-refractivity contribution is 6.47. The van der Waals surface area contributed by atoms with Crippen molar-refractivity contribution in [2.75, 3.05) is 0 Å². The van der Waals surface area contributed by atoms with E-state index in [2.05, 4.69) is 0 Å². The van der Waals surface area contributed by atoms with Crippen LogP contribution >= 0.6 is 69.6 Å². The fourth-order valence-corrected chi connectivity index (χ4v) is 8.38. The van der Waals surface area contributed by atoms with Gasteiger partial charge in [0.25, 0.3) is 0 Å². The molecule has 0 heterocycles. The van der Waals surface area contributed by atoms with Gasteiger partial charge in [0, 0.05) is 11.1 Å². The van der Waals surface area contributed by atoms with Gasteiger partial charge in [0.05, 0.1) is 30.1 Å². The molecule has 0 N–H and O–H groups in total. The van der Waals surface area contributed by atoms with Crippen LogP contribution in [0.25, 0.3) is 43.1 Å². The van der Waals surface area contributed by atoms with Crippen LogP contribution in [-0.4, -0.2) is 23.9 Å². The molecule has 14 heteroatoms. The van der Waals surface area contributed by atoms with E-state index in [1.54, 1.807) is 0 Å². The molecule has 0 aliphatic carbocycles. The number of carbonyl (C=O) groups is 4. The summed E-state index contributed by atoms with van der Waals surface area (Å²) >= 11 is 38.4. The topological polar surface area (TPSA) is 105 Å². The lowest BCUT2D eigenvalue weighted by atomic mass is 9.97. The fourth-order valence-electron chi connectivity index (χ4n) is 6.94. The van der Waals surface area contributed by atoms with Gasteiger partial charge in [0.2, 0.25) is 0 Å². The van der Waals surface area contributed by atoms with Gasteiger partial charge in [0.1, 0.15) is 24.3 Å². The van der Waals surface area contributed by atoms with Crippen LogP contribution in [0.1, 0.15) is 31.8 Å². The van der Waals surface area contributed by atoms with E-state index >= 15 is 0 Å². The lowest BCUT2D eigenvalue weighted by molar-refractivity contribution is -0.156. The molecule has 8 aromatic rings. The molecule has 0 saturated heterocycles. The summed E-state index contributed by atoms with van der Waals surface area (Å²) in [7, 11) is 0. The molecule has 8 aromatic carbocycles. The Morgan fingerprint density at radius 3 is 1.02 bits per heavy atom. The van der Waals surface area contributed by atoms with Crippen molar-refractivity contribution >= 4 is 137 Å². The molecule has 0 spiro atoms. The maximum absolute atomic E-state index is 13.8. The molecular weight excluding hydrogens is 893 g/mol. The van der Waals surface area contributed by atoms with E-state index in [0.717, 1.165) is 55.2 Å². The lowest BCUT2D eigenvalue weighted by Gasteiger charge is -2.17. The second-order valence-corrected chi connectivity index (χ2v) is 15.6. The molecule has 60 heavy (non-hydrogen) atoms. The molecule has 0 saturated carbocycles. The monoisotopic (exact) mass is 914 g/mol. The second-order valence-electron chi connectivity index (χ2n) is 13.2. The van der Waals surface area contributed by atoms with Crippen LogP contribution in [0.15, 0.2) is 121 Å². The number of fused-ring (bicyclic) bond motifs is 4. The number of rotatable bonds is 8. The molecule has 0 atom stereocenters. The van der Waals surface area contributed by atoms with E-state index in [4.69, 9.17) is 88.6 Å². The third kappa shape index (κ3) is 7.90. The number of ether oxygens (including phenoxy) is 4. The SMILES string of the molecule is O=C(Oc1c(Cl)cc(Cl)c(Cl)c1C(=O)OCc1c2ccccc2cc2ccccc12)C(=O)Oc1c(Cl)cc(Cl)c(Cl)c1C(=O)OCc1c2ccccc2cc2ccccc12. The van der Waals surface area contributed by atoms with Crippen molar-refractivity contribution in [1.29, 1.82) is 0 Å². The third-order valence-electron chi connectivity index (χ3n) is 9.68. The van der Waals surface area contributed by atoms with E-state index < -0.39 is 46.5 Å². The van der Waals surface area contributed by atoms with Gasteiger partial charge >= 0.3 is 23.9 Å². The van der Waals surface area contributed by atoms with Gasteiger partial charge in [-0.05, 0) is 67.4 Å². The molecule has 0 aromatic heterocycles. The number of benzene rings is 8. The number of hydrogen-bond acceptors (Lipinski definition) is 8. The summed E-state index contributed by atoms with van der Waals surface area (Å²) in [5, 5.41) is 5.15. The van der Waals surface area contributed by atoms with E-state index in [1.807, 2.05) is 109 Å². The minimum atomic E-state index is -1.70. The summed E-state index contributed by atoms with van der Waals surface area (Å²) in [5.41, 5.74) is 0.304. The minimum Gasteiger partial charge on any atom is -0.457 e. The molecule has 0 aliphatic heterocycles. The van der Waals surface area contributed by atoms with Gasteiger partial charge in [-0.3, -0.25) is 0 Å². The van der Waals surface area contributed by atoms with Gasteiger partial charge in [0.15, 0.2) is 11.5 Å². The first kappa shape index (κ1) is 41.2. The average Bonchev–Trinajstić information content (AvgIpc) is 3.24. The standard InChI is InChI=1S/C46H24Cl6O8/c47-33-19-35(49)41(37(39(33)51)43(53)57-21-31-27-13-5-1-9-23(27)17-24-10-2-6-14-28(24)31)59-45(55)46(56)60-42-36(50)20-34(48)40(52)38(42)44(54)58-22-32-29-15-7-3-11-25(29)18-26-12-4-8-16-30(26)32/h1-20H,21-22H2. The molecule has 8 rings (SSSR count). The normalized spacial score (nSPS) is 11.2. The summed E-state index contributed by atoms with van der Waals surface area (Å²) < 4.78 is 22.1. The van der Waals surface area contributed by atoms with Crippen LogP contribution in [-0.2, 0) is 32.3 Å². The maximum atomic E-state index is 13.8. The first-order valence-electron chi connectivity index (χ1n) is 17.8. The Balaban J connectivity index is 1.05. The molecule has 0 aliphatic rings. The van der Waals surface area contributed by atoms with Gasteiger partial charge in [-0.15, -0.1) is 0 Å². The highest BCUT2D eigenvalue weighted by Gasteiger charge is 2.32. The van der Waals surface area contributed by atoms with Gasteiger partial charge in [-0.1, -0.05) is 167 Å². The molecule has 298 valence electrons. The highest BCUT2D eigenvalue weighted by atomic mass is 35.5. The molecule has 0 fully saturated rings. The first-order chi connectivity index (χ1) is 28.9. The number of hydrogen-bond donors (Lipinski definition) is 0. The van der Waals surface area contributed by atoms with Gasteiger partial charge in [-0.2, -0.15) is 0 Å². The number of halogens is 6. The van der Waals surface area contributed by atoms with Gasteiger partial charge in [-0.25, -0.2) is 19.2 Å². The van der Waals surface area contributed by atoms with Crippen molar-refractivity contribution in [3.05, 3.63) is 174 Å². The fraction of sp³-hybridized carbons (Fsp3) is 0.0435. The molecular formula is C46H24Cl6O8. The zero-order chi connectivity index (χ0) is 42.2. The average molecular weight is 917 g/mol. The summed E-state index contributed by atoms with van der Waals surface area (Å²) in [5.74, 6) is -6.85. The van der Waals surface area contributed by atoms with Crippen molar-refractivity contribution in [1.82, 2.24) is 0 Å². The Bertz CT molecular complexity index is 2800. The Kier molecular flexibility index (Phi) is 11.8. The molecule has 0 unspecified atom stereocenters. The lowest BCUT2D eigenvalue weighted by Crippen LogP contribution is -2.27. The maximum Gasteiger partial charge on any atom is 0.423 e. The predicted octanol–water partition coefficient (Wildman–Crippen LogP) is 13.4. The van der Waals surface area contributed by atoms with Crippen LogP contribution < -0.4 is 9.47 Å². The molecule has 0 radical (unpaired) electrons. The Hall–Kier alpha value is -5.58. The number of esters is 4. The summed E-state index contributed by atoms with van der Waals surface area (Å²) in [6, 6.07) is 36.6. The molecule has 8 nitrogen and oxygen atoms in total. The van der Waals surface area contributed by atoms with Crippen LogP contribution in [0.2, 0.25) is 30.1 Å². The highest BCUT2D eigenvalue weighted by Crippen LogP contribution is 2.42. The van der Waals surface area contributed by atoms with E-state index in [9.17, 15) is 19.2 Å². The summed E-state index contributed by atoms with van der Waals surface area (Å²) in [6.07, 6.45) is 0. The van der Waals surface area contributed by atoms with E-state index in [0.29, 0.717) is 11.1 Å². The third-order valence-corrected chi connectivity index (χ3v) is 11.8. The Morgan fingerprint density at radius 1 is 0.400 bits per heavy atom. The summed E-state index contributed by atoms with van der Waals surface area (Å²) in [6.45, 7) is -0.468. The molecule has 0 bridgehead atoms. The largest absolute Gasteiger partial charge is 0.457 e. The Morgan fingerprint density at radius 2 is 0.700 bits per heavy atom. The smallest absolute Gasteiger partial charge is 0.423 e. The van der Waals surface area contributed by atoms with Crippen molar-refractivity contribution in [2.45, 2.75) is 13.2 Å².